The van der Waals surface area contributed by atoms with Gasteiger partial charge < -0.3 is 15.0 Å². The maximum absolute atomic E-state index is 6.09. The molecule has 6 heteroatoms. The monoisotopic (exact) mass is 285 g/mol. The largest absolute Gasteiger partial charge is 0.494 e. The van der Waals surface area contributed by atoms with Crippen LogP contribution in [0.4, 0.5) is 5.95 Å². The minimum absolute atomic E-state index is 0.286. The van der Waals surface area contributed by atoms with E-state index in [1.165, 1.54) is 0 Å². The van der Waals surface area contributed by atoms with E-state index in [-0.39, 0.29) is 24.3 Å². The lowest BCUT2D eigenvalue weighted by molar-refractivity contribution is 0.00578. The third-order valence-corrected chi connectivity index (χ3v) is 4.44. The van der Waals surface area contributed by atoms with Crippen LogP contribution in [0.5, 0.6) is 0 Å². The van der Waals surface area contributed by atoms with Crippen molar-refractivity contribution in [1.29, 1.82) is 0 Å². The van der Waals surface area contributed by atoms with Crippen molar-refractivity contribution < 1.29 is 9.31 Å². The van der Waals surface area contributed by atoms with E-state index in [9.17, 15) is 0 Å². The van der Waals surface area contributed by atoms with E-state index in [0.717, 1.165) is 21.9 Å². The Morgan fingerprint density at radius 3 is 2.33 bits per heavy atom. The molecule has 1 aliphatic rings. The smallest absolute Gasteiger partial charge is 0.399 e. The van der Waals surface area contributed by atoms with E-state index in [1.807, 2.05) is 46.8 Å². The maximum Gasteiger partial charge on any atom is 0.494 e. The van der Waals surface area contributed by atoms with Crippen LogP contribution in [0.3, 0.4) is 0 Å². The Kier molecular flexibility index (Phi) is 3.01. The van der Waals surface area contributed by atoms with Crippen molar-refractivity contribution in [3.63, 3.8) is 0 Å². The van der Waals surface area contributed by atoms with E-state index < -0.39 is 0 Å². The molecule has 1 aliphatic heterocycles. The number of hydrogen-bond donors (Lipinski definition) is 1. The van der Waals surface area contributed by atoms with Gasteiger partial charge in [-0.15, -0.1) is 0 Å². The summed E-state index contributed by atoms with van der Waals surface area (Å²) in [4.78, 5) is 8.34. The van der Waals surface area contributed by atoms with E-state index >= 15 is 0 Å². The molecule has 2 heterocycles. The van der Waals surface area contributed by atoms with Gasteiger partial charge in [-0.3, -0.25) is 0 Å². The first kappa shape index (κ1) is 14.3. The highest BCUT2D eigenvalue weighted by molar-refractivity contribution is 6.62. The predicted octanol–water partition coefficient (Wildman–Crippen LogP) is 1.82. The molecule has 1 aromatic heterocycles. The maximum atomic E-state index is 6.09. The average molecular weight is 285 g/mol. The molecule has 0 radical (unpaired) electrons. The van der Waals surface area contributed by atoms with Crippen molar-refractivity contribution in [2.24, 2.45) is 0 Å². The molecule has 2 aromatic rings. The molecule has 0 aliphatic carbocycles. The highest BCUT2D eigenvalue weighted by Gasteiger charge is 2.51. The van der Waals surface area contributed by atoms with Crippen LogP contribution in [-0.4, -0.2) is 28.3 Å². The summed E-state index contributed by atoms with van der Waals surface area (Å²) in [6.07, 6.45) is 1.74. The highest BCUT2D eigenvalue weighted by Crippen LogP contribution is 2.36. The van der Waals surface area contributed by atoms with Crippen molar-refractivity contribution in [2.45, 2.75) is 45.8 Å². The molecule has 0 amide bonds. The summed E-state index contributed by atoms with van der Waals surface area (Å²) in [7, 11) is -0.379. The second kappa shape index (κ2) is 4.42. The van der Waals surface area contributed by atoms with Gasteiger partial charge in [-0.1, -0.05) is 12.1 Å². The Morgan fingerprint density at radius 2 is 1.71 bits per heavy atom. The molecule has 110 valence electrons. The number of aromatic nitrogens is 2. The molecule has 0 bridgehead atoms. The van der Waals surface area contributed by atoms with Crippen LogP contribution in [-0.2, 0) is 9.31 Å². The molecule has 0 spiro atoms. The molecule has 3 rings (SSSR count). The fourth-order valence-electron chi connectivity index (χ4n) is 2.48. The molecule has 1 aromatic carbocycles. The predicted molar refractivity (Wildman–Crippen MR) is 84.4 cm³/mol. The molecule has 1 fully saturated rings. The van der Waals surface area contributed by atoms with Crippen molar-refractivity contribution >= 4 is 29.4 Å². The molecule has 0 atom stereocenters. The number of aryl methyl sites for hydroxylation is 1. The molecule has 0 unspecified atom stereocenters. The Labute approximate surface area is 125 Å². The number of anilines is 1. The molecule has 21 heavy (non-hydrogen) atoms. The fourth-order valence-corrected chi connectivity index (χ4v) is 2.48. The SMILES string of the molecule is Cc1cc(B2OC(C)(C)C(C)(C)O2)cc2cnc(N)nc12. The number of nitrogens with two attached hydrogens (primary N) is 1. The standard InChI is InChI=1S/C15H20BN3O2/c1-9-6-11(7-10-8-18-13(17)19-12(9)10)16-20-14(2,3)15(4,5)21-16/h6-8H,1-5H3,(H2,17,18,19). The Balaban J connectivity index is 2.05. The number of hydrogen-bond acceptors (Lipinski definition) is 5. The number of nitrogens with zero attached hydrogens (tertiary/aromatic N) is 2. The number of nitrogen functional groups attached to an aromatic ring is 1. The van der Waals surface area contributed by atoms with Gasteiger partial charge in [-0.2, -0.15) is 0 Å². The zero-order valence-corrected chi connectivity index (χ0v) is 13.1. The summed E-state index contributed by atoms with van der Waals surface area (Å²) in [5.74, 6) is 0.286. The lowest BCUT2D eigenvalue weighted by Crippen LogP contribution is -2.41. The summed E-state index contributed by atoms with van der Waals surface area (Å²) in [5, 5.41) is 0.939. The van der Waals surface area contributed by atoms with Gasteiger partial charge in [0.1, 0.15) is 0 Å². The second-order valence-electron chi connectivity index (χ2n) is 6.59. The number of benzene rings is 1. The topological polar surface area (TPSA) is 70.3 Å². The average Bonchev–Trinajstić information content (AvgIpc) is 2.59. The number of fused-ring (bicyclic) bond motifs is 1. The van der Waals surface area contributed by atoms with Gasteiger partial charge in [0, 0.05) is 11.6 Å². The fraction of sp³-hybridized carbons (Fsp3) is 0.467. The highest BCUT2D eigenvalue weighted by atomic mass is 16.7. The quantitative estimate of drug-likeness (QED) is 0.809. The normalized spacial score (nSPS) is 20.1. The van der Waals surface area contributed by atoms with Gasteiger partial charge >= 0.3 is 7.12 Å². The van der Waals surface area contributed by atoms with Crippen LogP contribution < -0.4 is 11.2 Å². The molecule has 5 nitrogen and oxygen atoms in total. The van der Waals surface area contributed by atoms with Crippen LogP contribution in [0.25, 0.3) is 10.9 Å². The minimum atomic E-state index is -0.379. The summed E-state index contributed by atoms with van der Waals surface area (Å²) >= 11 is 0. The van der Waals surface area contributed by atoms with Gasteiger partial charge in [0.25, 0.3) is 0 Å². The van der Waals surface area contributed by atoms with E-state index in [1.54, 1.807) is 6.20 Å². The van der Waals surface area contributed by atoms with Crippen LogP contribution in [0.2, 0.25) is 0 Å². The first-order valence-corrected chi connectivity index (χ1v) is 7.08. The summed E-state index contributed by atoms with van der Waals surface area (Å²) in [5.41, 5.74) is 7.83. The second-order valence-corrected chi connectivity index (χ2v) is 6.59. The zero-order chi connectivity index (χ0) is 15.4. The van der Waals surface area contributed by atoms with Crippen molar-refractivity contribution in [3.8, 4) is 0 Å². The lowest BCUT2D eigenvalue weighted by atomic mass is 9.78. The van der Waals surface area contributed by atoms with Crippen molar-refractivity contribution in [3.05, 3.63) is 23.9 Å². The summed E-state index contributed by atoms with van der Waals surface area (Å²) in [6.45, 7) is 10.2. The molecule has 0 saturated carbocycles. The lowest BCUT2D eigenvalue weighted by Gasteiger charge is -2.32. The zero-order valence-electron chi connectivity index (χ0n) is 13.1. The van der Waals surface area contributed by atoms with Gasteiger partial charge in [-0.25, -0.2) is 9.97 Å². The Hall–Kier alpha value is -1.66. The van der Waals surface area contributed by atoms with Gasteiger partial charge in [-0.05, 0) is 45.6 Å². The van der Waals surface area contributed by atoms with Crippen molar-refractivity contribution in [2.75, 3.05) is 5.73 Å². The summed E-state index contributed by atoms with van der Waals surface area (Å²) in [6, 6.07) is 4.04. The van der Waals surface area contributed by atoms with Crippen LogP contribution in [0.15, 0.2) is 18.3 Å². The first-order valence-electron chi connectivity index (χ1n) is 7.08. The van der Waals surface area contributed by atoms with E-state index in [4.69, 9.17) is 15.0 Å². The molecular formula is C15H20BN3O2. The first-order chi connectivity index (χ1) is 9.69. The van der Waals surface area contributed by atoms with Gasteiger partial charge in [0.15, 0.2) is 0 Å². The molecular weight excluding hydrogens is 265 g/mol. The Morgan fingerprint density at radius 1 is 1.10 bits per heavy atom. The van der Waals surface area contributed by atoms with Gasteiger partial charge in [0.2, 0.25) is 5.95 Å². The van der Waals surface area contributed by atoms with Crippen LogP contribution in [0, 0.1) is 6.92 Å². The number of rotatable bonds is 1. The Bertz CT molecular complexity index is 699. The van der Waals surface area contributed by atoms with E-state index in [2.05, 4.69) is 9.97 Å². The van der Waals surface area contributed by atoms with Crippen LogP contribution in [0.1, 0.15) is 33.3 Å². The molecule has 2 N–H and O–H groups in total. The summed E-state index contributed by atoms with van der Waals surface area (Å²) < 4.78 is 12.2. The van der Waals surface area contributed by atoms with Crippen LogP contribution >= 0.6 is 0 Å². The van der Waals surface area contributed by atoms with Crippen molar-refractivity contribution in [1.82, 2.24) is 9.97 Å². The third-order valence-electron chi connectivity index (χ3n) is 4.44. The minimum Gasteiger partial charge on any atom is -0.399 e. The third kappa shape index (κ3) is 2.28. The van der Waals surface area contributed by atoms with Gasteiger partial charge in [0.05, 0.1) is 16.7 Å². The van der Waals surface area contributed by atoms with E-state index in [0.29, 0.717) is 0 Å². The molecule has 1 saturated heterocycles.